The highest BCUT2D eigenvalue weighted by molar-refractivity contribution is 5.71. The third-order valence-electron chi connectivity index (χ3n) is 4.21. The zero-order chi connectivity index (χ0) is 16.5. The molecule has 0 bridgehead atoms. The van der Waals surface area contributed by atoms with E-state index in [1.54, 1.807) is 0 Å². The number of unbranched alkanes of at least 4 members (excludes halogenated alkanes) is 12. The van der Waals surface area contributed by atoms with Gasteiger partial charge in [-0.15, -0.1) is 0 Å². The van der Waals surface area contributed by atoms with E-state index in [2.05, 4.69) is 6.92 Å². The minimum Gasteiger partial charge on any atom is -0.395 e. The van der Waals surface area contributed by atoms with Crippen molar-refractivity contribution in [1.82, 2.24) is 4.90 Å². The van der Waals surface area contributed by atoms with Crippen molar-refractivity contribution < 1.29 is 9.90 Å². The zero-order valence-electron chi connectivity index (χ0n) is 14.7. The van der Waals surface area contributed by atoms with E-state index < -0.39 is 6.03 Å². The molecule has 0 spiro atoms. The minimum atomic E-state index is -0.423. The molecule has 132 valence electrons. The molecule has 0 radical (unpaired) electrons. The Morgan fingerprint density at radius 2 is 1.18 bits per heavy atom. The van der Waals surface area contributed by atoms with E-state index in [-0.39, 0.29) is 6.61 Å². The lowest BCUT2D eigenvalue weighted by Crippen LogP contribution is -2.38. The van der Waals surface area contributed by atoms with Crippen molar-refractivity contribution in [3.8, 4) is 0 Å². The maximum Gasteiger partial charge on any atom is 0.314 e. The van der Waals surface area contributed by atoms with Crippen LogP contribution in [0.1, 0.15) is 90.4 Å². The summed E-state index contributed by atoms with van der Waals surface area (Å²) in [5, 5.41) is 8.84. The molecule has 0 aliphatic rings. The van der Waals surface area contributed by atoms with Crippen molar-refractivity contribution in [3.05, 3.63) is 0 Å². The number of nitrogens with zero attached hydrogens (tertiary/aromatic N) is 1. The molecule has 0 aromatic rings. The number of carbonyl (C=O) groups excluding carboxylic acids is 1. The summed E-state index contributed by atoms with van der Waals surface area (Å²) >= 11 is 0. The minimum absolute atomic E-state index is 0.0125. The van der Waals surface area contributed by atoms with E-state index in [4.69, 9.17) is 10.8 Å². The summed E-state index contributed by atoms with van der Waals surface area (Å²) < 4.78 is 0. The molecule has 0 aromatic heterocycles. The van der Waals surface area contributed by atoms with Gasteiger partial charge in [0, 0.05) is 13.1 Å². The predicted octanol–water partition coefficient (Wildman–Crippen LogP) is 4.45. The number of hydrogen-bond acceptors (Lipinski definition) is 2. The average molecular weight is 315 g/mol. The van der Waals surface area contributed by atoms with Gasteiger partial charge in [-0.2, -0.15) is 0 Å². The first-order valence-electron chi connectivity index (χ1n) is 9.37. The third-order valence-corrected chi connectivity index (χ3v) is 4.21. The molecular weight excluding hydrogens is 276 g/mol. The fourth-order valence-corrected chi connectivity index (χ4v) is 2.77. The quantitative estimate of drug-likeness (QED) is 0.413. The summed E-state index contributed by atoms with van der Waals surface area (Å²) in [5.41, 5.74) is 5.25. The number of hydrogen-bond donors (Lipinski definition) is 2. The highest BCUT2D eigenvalue weighted by atomic mass is 16.3. The average Bonchev–Trinajstić information content (AvgIpc) is 2.50. The van der Waals surface area contributed by atoms with Crippen molar-refractivity contribution in [2.75, 3.05) is 19.7 Å². The Kier molecular flexibility index (Phi) is 16.0. The van der Waals surface area contributed by atoms with Crippen LogP contribution in [0, 0.1) is 0 Å². The van der Waals surface area contributed by atoms with Gasteiger partial charge in [0.2, 0.25) is 0 Å². The second-order valence-corrected chi connectivity index (χ2v) is 6.29. The van der Waals surface area contributed by atoms with Crippen molar-refractivity contribution in [2.45, 2.75) is 90.4 Å². The molecule has 0 rings (SSSR count). The van der Waals surface area contributed by atoms with Crippen LogP contribution in [0.4, 0.5) is 4.79 Å². The molecule has 0 saturated carbocycles. The number of primary amides is 1. The van der Waals surface area contributed by atoms with Gasteiger partial charge in [-0.3, -0.25) is 0 Å². The number of aliphatic hydroxyl groups excluding tert-OH is 1. The van der Waals surface area contributed by atoms with Crippen LogP contribution in [0.5, 0.6) is 0 Å². The Hall–Kier alpha value is -0.770. The number of urea groups is 1. The standard InChI is InChI=1S/C18H38N2O2/c1-2-3-4-5-6-7-8-9-10-11-12-13-14-15-20(16-17-21)18(19)22/h21H,2-17H2,1H3,(H2,19,22). The Morgan fingerprint density at radius 1 is 0.773 bits per heavy atom. The van der Waals surface area contributed by atoms with Gasteiger partial charge in [-0.05, 0) is 6.42 Å². The summed E-state index contributed by atoms with van der Waals surface area (Å²) in [5.74, 6) is 0. The van der Waals surface area contributed by atoms with E-state index in [1.807, 2.05) is 0 Å². The molecule has 0 saturated heterocycles. The Morgan fingerprint density at radius 3 is 1.55 bits per heavy atom. The topological polar surface area (TPSA) is 66.6 Å². The van der Waals surface area contributed by atoms with Gasteiger partial charge >= 0.3 is 6.03 Å². The zero-order valence-corrected chi connectivity index (χ0v) is 14.7. The van der Waals surface area contributed by atoms with Gasteiger partial charge in [-0.25, -0.2) is 4.79 Å². The monoisotopic (exact) mass is 314 g/mol. The number of amides is 2. The van der Waals surface area contributed by atoms with E-state index in [9.17, 15) is 4.79 Å². The third kappa shape index (κ3) is 14.2. The van der Waals surface area contributed by atoms with Crippen LogP contribution in [-0.4, -0.2) is 35.7 Å². The maximum absolute atomic E-state index is 11.1. The fourth-order valence-electron chi connectivity index (χ4n) is 2.77. The van der Waals surface area contributed by atoms with Crippen molar-refractivity contribution >= 4 is 6.03 Å². The van der Waals surface area contributed by atoms with Gasteiger partial charge in [0.15, 0.2) is 0 Å². The lowest BCUT2D eigenvalue weighted by molar-refractivity contribution is 0.183. The first kappa shape index (κ1) is 21.2. The summed E-state index contributed by atoms with van der Waals surface area (Å²) in [6.07, 6.45) is 17.1. The molecule has 4 nitrogen and oxygen atoms in total. The van der Waals surface area contributed by atoms with Gasteiger partial charge in [0.05, 0.1) is 6.61 Å². The van der Waals surface area contributed by atoms with Crippen LogP contribution in [0.25, 0.3) is 0 Å². The van der Waals surface area contributed by atoms with Gasteiger partial charge in [0.25, 0.3) is 0 Å². The predicted molar refractivity (Wildman–Crippen MR) is 93.9 cm³/mol. The summed E-state index contributed by atoms with van der Waals surface area (Å²) in [7, 11) is 0. The van der Waals surface area contributed by atoms with Crippen molar-refractivity contribution in [1.29, 1.82) is 0 Å². The van der Waals surface area contributed by atoms with Crippen LogP contribution in [0.3, 0.4) is 0 Å². The van der Waals surface area contributed by atoms with Crippen molar-refractivity contribution in [3.63, 3.8) is 0 Å². The van der Waals surface area contributed by atoms with Crippen LogP contribution in [-0.2, 0) is 0 Å². The number of carbonyl (C=O) groups is 1. The van der Waals surface area contributed by atoms with Crippen LogP contribution < -0.4 is 5.73 Å². The highest BCUT2D eigenvalue weighted by Gasteiger charge is 2.07. The van der Waals surface area contributed by atoms with E-state index in [0.717, 1.165) is 12.8 Å². The van der Waals surface area contributed by atoms with E-state index in [1.165, 1.54) is 75.5 Å². The van der Waals surface area contributed by atoms with Crippen molar-refractivity contribution in [2.24, 2.45) is 5.73 Å². The Balaban J connectivity index is 3.21. The molecule has 3 N–H and O–H groups in total. The molecule has 0 fully saturated rings. The Labute approximate surface area is 137 Å². The molecule has 0 unspecified atom stereocenters. The lowest BCUT2D eigenvalue weighted by atomic mass is 10.0. The summed E-state index contributed by atoms with van der Waals surface area (Å²) in [4.78, 5) is 12.6. The highest BCUT2D eigenvalue weighted by Crippen LogP contribution is 2.12. The molecule has 22 heavy (non-hydrogen) atoms. The molecular formula is C18H38N2O2. The molecule has 0 aliphatic carbocycles. The smallest absolute Gasteiger partial charge is 0.314 e. The number of rotatable bonds is 16. The summed E-state index contributed by atoms with van der Waals surface area (Å²) in [6, 6.07) is -0.423. The first-order valence-corrected chi connectivity index (χ1v) is 9.37. The second-order valence-electron chi connectivity index (χ2n) is 6.29. The first-order chi connectivity index (χ1) is 10.7. The SMILES string of the molecule is CCCCCCCCCCCCCCCN(CCO)C(N)=O. The van der Waals surface area contributed by atoms with E-state index in [0.29, 0.717) is 13.1 Å². The molecule has 0 aromatic carbocycles. The molecule has 2 amide bonds. The molecule has 0 heterocycles. The van der Waals surface area contributed by atoms with Crippen LogP contribution in [0.2, 0.25) is 0 Å². The van der Waals surface area contributed by atoms with Gasteiger partial charge in [-0.1, -0.05) is 84.0 Å². The number of nitrogens with two attached hydrogens (primary N) is 1. The van der Waals surface area contributed by atoms with E-state index >= 15 is 0 Å². The van der Waals surface area contributed by atoms with Crippen LogP contribution >= 0.6 is 0 Å². The van der Waals surface area contributed by atoms with Gasteiger partial charge in [0.1, 0.15) is 0 Å². The van der Waals surface area contributed by atoms with Gasteiger partial charge < -0.3 is 15.7 Å². The largest absolute Gasteiger partial charge is 0.395 e. The number of aliphatic hydroxyl groups is 1. The maximum atomic E-state index is 11.1. The Bertz CT molecular complexity index is 247. The second kappa shape index (κ2) is 16.6. The lowest BCUT2D eigenvalue weighted by Gasteiger charge is -2.18. The molecule has 0 atom stereocenters. The molecule has 0 aliphatic heterocycles. The summed E-state index contributed by atoms with van der Waals surface area (Å²) in [6.45, 7) is 3.28. The van der Waals surface area contributed by atoms with Crippen LogP contribution in [0.15, 0.2) is 0 Å². The normalized spacial score (nSPS) is 10.8. The fraction of sp³-hybridized carbons (Fsp3) is 0.944. The molecule has 4 heteroatoms.